The zero-order chi connectivity index (χ0) is 63.0. The van der Waals surface area contributed by atoms with Crippen LogP contribution in [0.2, 0.25) is 13.1 Å². The second kappa shape index (κ2) is 16.2. The summed E-state index contributed by atoms with van der Waals surface area (Å²) < 4.78 is 161. The standard InChI is InChI=1S/C62H67N3OSi/c1-59(2,3)45-25-26-53(49(36-45)42-24-23-40-28-30-67(13,14)55(40)35-42)65-54-22-18-21-48(56(54)64-58(65)50-37-47(61(7,8)9)38-51(57(50)66)62(10,11)12)43-31-44(33-46(32-43)60(4,5)6)52-34-41(27-29-63-52)39-19-16-15-17-20-39/h15-38,66H,1-14H3/i7D3,8D3,9D3,10D3,11D3,12D3. The molecular formula is C62H67N3OSi. The number of phenols is 1. The molecule has 67 heavy (non-hydrogen) atoms. The molecule has 0 saturated carbocycles. The fraction of sp³-hybridized carbons (Fsp3) is 0.290. The molecule has 0 spiro atoms. The SMILES string of the molecule is [2H]C([2H])([2H])C(c1cc(-c2nc3c(-c4cc(-c5cc(-c6ccccc6)ccn5)cc(C(C)(C)C)c4)cccc3n2-c2ccc(C(C)(C)C)cc2-c2ccc3c(c2)[Si](C)(C)C=C3)c(O)c(C(C([2H])([2H])[2H])(C([2H])([2H])[2H])C([2H])([2H])[2H])c1)(C([2H])([2H])[2H])C([2H])([2H])[2H]. The van der Waals surface area contributed by atoms with Gasteiger partial charge in [0, 0.05) is 53.1 Å². The highest BCUT2D eigenvalue weighted by atomic mass is 28.3. The molecule has 0 bridgehead atoms. The average Bonchev–Trinajstić information content (AvgIpc) is 1.39. The van der Waals surface area contributed by atoms with E-state index in [9.17, 15) is 5.11 Å². The number of para-hydroxylation sites is 1. The van der Waals surface area contributed by atoms with E-state index < -0.39 is 93.3 Å². The molecule has 0 amide bonds. The molecule has 3 heterocycles. The molecule has 0 atom stereocenters. The third-order valence-corrected chi connectivity index (χ3v) is 15.8. The summed E-state index contributed by atoms with van der Waals surface area (Å²) in [6.07, 6.45) is 3.83. The van der Waals surface area contributed by atoms with Crippen LogP contribution >= 0.6 is 0 Å². The minimum absolute atomic E-state index is 0.201. The molecule has 0 saturated heterocycles. The largest absolute Gasteiger partial charge is 0.507 e. The Kier molecular flexibility index (Phi) is 6.96. The number of pyridine rings is 1. The van der Waals surface area contributed by atoms with E-state index in [0.717, 1.165) is 50.2 Å². The Morgan fingerprint density at radius 2 is 1.25 bits per heavy atom. The lowest BCUT2D eigenvalue weighted by Gasteiger charge is -2.28. The van der Waals surface area contributed by atoms with Crippen molar-refractivity contribution in [3.63, 3.8) is 0 Å². The van der Waals surface area contributed by atoms with Crippen molar-refractivity contribution in [3.8, 4) is 67.5 Å². The van der Waals surface area contributed by atoms with E-state index in [1.807, 2.05) is 106 Å². The number of benzene rings is 6. The summed E-state index contributed by atoms with van der Waals surface area (Å²) in [5.41, 5.74) is -0.904. The van der Waals surface area contributed by atoms with Crippen LogP contribution in [0.25, 0.3) is 78.8 Å². The number of aromatic nitrogens is 3. The Labute approximate surface area is 425 Å². The average molecular weight is 916 g/mol. The van der Waals surface area contributed by atoms with Crippen LogP contribution in [0.5, 0.6) is 5.75 Å². The number of nitrogens with zero attached hydrogens (tertiary/aromatic N) is 3. The second-order valence-corrected chi connectivity index (χ2v) is 24.9. The molecule has 0 aliphatic carbocycles. The topological polar surface area (TPSA) is 50.9 Å². The first-order chi connectivity index (χ1) is 38.9. The Bertz CT molecular complexity index is 3870. The van der Waals surface area contributed by atoms with Crippen molar-refractivity contribution in [3.05, 3.63) is 167 Å². The fourth-order valence-electron chi connectivity index (χ4n) is 9.07. The maximum atomic E-state index is 13.2. The first-order valence-electron chi connectivity index (χ1n) is 31.5. The van der Waals surface area contributed by atoms with Gasteiger partial charge in [0.05, 0.1) is 28.0 Å². The van der Waals surface area contributed by atoms with E-state index in [1.165, 1.54) is 0 Å². The van der Waals surface area contributed by atoms with Crippen LogP contribution in [0.4, 0.5) is 0 Å². The zero-order valence-electron chi connectivity index (χ0n) is 57.1. The summed E-state index contributed by atoms with van der Waals surface area (Å²) in [5.74, 6) is -1.73. The van der Waals surface area contributed by atoms with Crippen LogP contribution in [-0.4, -0.2) is 27.7 Å². The van der Waals surface area contributed by atoms with Gasteiger partial charge >= 0.3 is 0 Å². The lowest BCUT2D eigenvalue weighted by Crippen LogP contribution is -2.37. The third-order valence-electron chi connectivity index (χ3n) is 13.0. The smallest absolute Gasteiger partial charge is 0.149 e. The van der Waals surface area contributed by atoms with Gasteiger partial charge in [0.15, 0.2) is 0 Å². The van der Waals surface area contributed by atoms with Crippen LogP contribution in [-0.2, 0) is 21.7 Å². The Hall–Kier alpha value is -6.30. The monoisotopic (exact) mass is 916 g/mol. The summed E-state index contributed by atoms with van der Waals surface area (Å²) in [5, 5.41) is 14.3. The van der Waals surface area contributed by atoms with Crippen molar-refractivity contribution in [1.82, 2.24) is 14.5 Å². The molecular weight excluding hydrogens is 831 g/mol. The van der Waals surface area contributed by atoms with Crippen molar-refractivity contribution in [2.75, 3.05) is 0 Å². The quantitative estimate of drug-likeness (QED) is 0.169. The molecule has 1 aliphatic rings. The molecule has 0 fully saturated rings. The molecule has 4 nitrogen and oxygen atoms in total. The van der Waals surface area contributed by atoms with Gasteiger partial charge in [0.2, 0.25) is 0 Å². The van der Waals surface area contributed by atoms with Crippen LogP contribution in [0.3, 0.4) is 0 Å². The Morgan fingerprint density at radius 3 is 1.97 bits per heavy atom. The fourth-order valence-corrected chi connectivity index (χ4v) is 11.3. The first kappa shape index (κ1) is 28.8. The van der Waals surface area contributed by atoms with E-state index in [-0.39, 0.29) is 11.3 Å². The summed E-state index contributed by atoms with van der Waals surface area (Å²) >= 11 is 0. The van der Waals surface area contributed by atoms with Gasteiger partial charge in [-0.05, 0) is 120 Å². The second-order valence-electron chi connectivity index (χ2n) is 20.5. The van der Waals surface area contributed by atoms with Gasteiger partial charge in [-0.3, -0.25) is 9.55 Å². The predicted octanol–water partition coefficient (Wildman–Crippen LogP) is 16.1. The number of aromatic hydroxyl groups is 1. The van der Waals surface area contributed by atoms with Gasteiger partial charge in [0.1, 0.15) is 19.6 Å². The van der Waals surface area contributed by atoms with Crippen molar-refractivity contribution in [1.29, 1.82) is 0 Å². The zero-order valence-corrected chi connectivity index (χ0v) is 40.1. The molecule has 1 N–H and O–H groups in total. The normalized spacial score (nSPS) is 19.0. The lowest BCUT2D eigenvalue weighted by atomic mass is 9.79. The first-order valence-corrected chi connectivity index (χ1v) is 25.5. The lowest BCUT2D eigenvalue weighted by molar-refractivity contribution is 0.446. The highest BCUT2D eigenvalue weighted by Gasteiger charge is 2.32. The van der Waals surface area contributed by atoms with Gasteiger partial charge in [-0.25, -0.2) is 4.98 Å². The molecule has 1 aliphatic heterocycles. The van der Waals surface area contributed by atoms with E-state index in [1.54, 1.807) is 29.0 Å². The molecule has 0 radical (unpaired) electrons. The van der Waals surface area contributed by atoms with Crippen LogP contribution < -0.4 is 5.19 Å². The maximum Gasteiger partial charge on any atom is 0.149 e. The minimum atomic E-state index is -4.14. The molecule has 2 aromatic heterocycles. The molecule has 6 aromatic carbocycles. The van der Waals surface area contributed by atoms with Crippen LogP contribution in [0, 0.1) is 0 Å². The van der Waals surface area contributed by atoms with Crippen molar-refractivity contribution < 1.29 is 29.8 Å². The van der Waals surface area contributed by atoms with E-state index >= 15 is 0 Å². The van der Waals surface area contributed by atoms with E-state index in [2.05, 4.69) is 57.8 Å². The number of rotatable bonds is 6. The maximum absolute atomic E-state index is 13.2. The minimum Gasteiger partial charge on any atom is -0.507 e. The van der Waals surface area contributed by atoms with Crippen LogP contribution in [0.1, 0.15) is 135 Å². The van der Waals surface area contributed by atoms with Crippen molar-refractivity contribution in [2.24, 2.45) is 0 Å². The molecule has 9 rings (SSSR count). The van der Waals surface area contributed by atoms with Crippen molar-refractivity contribution >= 4 is 30.4 Å². The third kappa shape index (κ3) is 8.64. The highest BCUT2D eigenvalue weighted by molar-refractivity contribution is 6.96. The van der Waals surface area contributed by atoms with Gasteiger partial charge in [0.25, 0.3) is 0 Å². The number of imidazole rings is 1. The number of hydrogen-bond acceptors (Lipinski definition) is 3. The van der Waals surface area contributed by atoms with E-state index in [4.69, 9.17) is 34.6 Å². The number of hydrogen-bond donors (Lipinski definition) is 1. The highest BCUT2D eigenvalue weighted by Crippen LogP contribution is 2.46. The summed E-state index contributed by atoms with van der Waals surface area (Å²) in [4.78, 5) is 10.1. The molecule has 340 valence electrons. The molecule has 5 heteroatoms. The van der Waals surface area contributed by atoms with Gasteiger partial charge in [-0.2, -0.15) is 0 Å². The molecule has 8 aromatic rings. The van der Waals surface area contributed by atoms with Gasteiger partial charge < -0.3 is 5.11 Å². The summed E-state index contributed by atoms with van der Waals surface area (Å²) in [7, 11) is -2.14. The van der Waals surface area contributed by atoms with Crippen LogP contribution in [0.15, 0.2) is 139 Å². The van der Waals surface area contributed by atoms with Gasteiger partial charge in [-0.15, -0.1) is 0 Å². The number of phenolic OH excluding ortho intramolecular Hbond substituents is 1. The molecule has 0 unspecified atom stereocenters. The Morgan fingerprint density at radius 1 is 0.552 bits per heavy atom. The predicted molar refractivity (Wildman–Crippen MR) is 289 cm³/mol. The summed E-state index contributed by atoms with van der Waals surface area (Å²) in [6.45, 7) is -7.82. The van der Waals surface area contributed by atoms with Gasteiger partial charge in [-0.1, -0.05) is 186 Å². The Balaban J connectivity index is 1.52. The number of fused-ring (bicyclic) bond motifs is 2. The van der Waals surface area contributed by atoms with Crippen molar-refractivity contribution in [2.45, 2.75) is 117 Å². The summed E-state index contributed by atoms with van der Waals surface area (Å²) in [6, 6.07) is 37.9. The van der Waals surface area contributed by atoms with E-state index in [0.29, 0.717) is 39.7 Å².